The van der Waals surface area contributed by atoms with Crippen LogP contribution in [0.2, 0.25) is 0 Å². The number of aromatic nitrogens is 1. The van der Waals surface area contributed by atoms with Crippen molar-refractivity contribution in [3.63, 3.8) is 0 Å². The minimum Gasteiger partial charge on any atom is -0.471 e. The Morgan fingerprint density at radius 2 is 1.52 bits per heavy atom. The first-order valence-electron chi connectivity index (χ1n) is 9.52. The van der Waals surface area contributed by atoms with Gasteiger partial charge in [-0.3, -0.25) is 9.59 Å². The molecule has 1 aliphatic rings. The van der Waals surface area contributed by atoms with Gasteiger partial charge in [-0.05, 0) is 12.1 Å². The van der Waals surface area contributed by atoms with Crippen LogP contribution in [0.3, 0.4) is 0 Å². The van der Waals surface area contributed by atoms with Gasteiger partial charge in [-0.25, -0.2) is 4.98 Å². The highest BCUT2D eigenvalue weighted by Crippen LogP contribution is 2.29. The summed E-state index contributed by atoms with van der Waals surface area (Å²) in [6.07, 6.45) is -5.03. The number of hydrogen-bond donors (Lipinski definition) is 0. The summed E-state index contributed by atoms with van der Waals surface area (Å²) in [5.41, 5.74) is 0.00316. The van der Waals surface area contributed by atoms with Gasteiger partial charge >= 0.3 is 6.18 Å². The predicted octanol–water partition coefficient (Wildman–Crippen LogP) is 4.23. The van der Waals surface area contributed by atoms with Crippen LogP contribution in [0.4, 0.5) is 13.2 Å². The average Bonchev–Trinajstić information content (AvgIpc) is 2.75. The van der Waals surface area contributed by atoms with Crippen LogP contribution >= 0.6 is 0 Å². The molecular weight excluding hydrogens is 409 g/mol. The van der Waals surface area contributed by atoms with Crippen molar-refractivity contribution < 1.29 is 27.5 Å². The van der Waals surface area contributed by atoms with Crippen molar-refractivity contribution in [1.82, 2.24) is 9.88 Å². The van der Waals surface area contributed by atoms with Crippen LogP contribution in [0.15, 0.2) is 72.8 Å². The van der Waals surface area contributed by atoms with Gasteiger partial charge in [0.15, 0.2) is 5.78 Å². The van der Waals surface area contributed by atoms with E-state index in [4.69, 9.17) is 4.74 Å². The lowest BCUT2D eigenvalue weighted by atomic mass is 9.96. The van der Waals surface area contributed by atoms with Crippen LogP contribution in [-0.2, 0) is 6.18 Å². The van der Waals surface area contributed by atoms with Crippen LogP contribution in [0.25, 0.3) is 0 Å². The van der Waals surface area contributed by atoms with E-state index in [2.05, 4.69) is 4.98 Å². The zero-order valence-corrected chi connectivity index (χ0v) is 16.2. The number of ketones is 1. The van der Waals surface area contributed by atoms with Gasteiger partial charge in [0.1, 0.15) is 11.8 Å². The number of ether oxygens (including phenoxy) is 1. The Morgan fingerprint density at radius 3 is 2.19 bits per heavy atom. The molecule has 3 aromatic rings. The summed E-state index contributed by atoms with van der Waals surface area (Å²) in [6, 6.07) is 18.6. The van der Waals surface area contributed by atoms with E-state index >= 15 is 0 Å². The molecule has 2 heterocycles. The zero-order valence-electron chi connectivity index (χ0n) is 16.2. The lowest BCUT2D eigenvalue weighted by Gasteiger charge is -2.39. The van der Waals surface area contributed by atoms with Gasteiger partial charge in [-0.1, -0.05) is 54.6 Å². The fourth-order valence-corrected chi connectivity index (χ4v) is 3.27. The number of nitrogens with zero attached hydrogens (tertiary/aromatic N) is 2. The molecule has 0 unspecified atom stereocenters. The first-order chi connectivity index (χ1) is 14.8. The van der Waals surface area contributed by atoms with E-state index in [-0.39, 0.29) is 36.2 Å². The Balaban J connectivity index is 1.43. The molecule has 1 aliphatic heterocycles. The van der Waals surface area contributed by atoms with Gasteiger partial charge in [0.2, 0.25) is 5.88 Å². The predicted molar refractivity (Wildman–Crippen MR) is 106 cm³/mol. The van der Waals surface area contributed by atoms with Crippen LogP contribution in [-0.4, -0.2) is 40.8 Å². The van der Waals surface area contributed by atoms with Crippen molar-refractivity contribution in [2.45, 2.75) is 12.3 Å². The molecule has 0 saturated carbocycles. The molecule has 5 nitrogen and oxygen atoms in total. The Labute approximate surface area is 176 Å². The highest BCUT2D eigenvalue weighted by molar-refractivity contribution is 6.15. The third kappa shape index (κ3) is 4.42. The molecule has 1 fully saturated rings. The number of likely N-dealkylation sites (tertiary alicyclic amines) is 1. The Bertz CT molecular complexity index is 1110. The Hall–Kier alpha value is -3.68. The monoisotopic (exact) mass is 426 g/mol. The van der Waals surface area contributed by atoms with E-state index < -0.39 is 18.0 Å². The quantitative estimate of drug-likeness (QED) is 0.573. The van der Waals surface area contributed by atoms with Crippen molar-refractivity contribution in [1.29, 1.82) is 0 Å². The molecular formula is C23H17F3N2O3. The van der Waals surface area contributed by atoms with Crippen LogP contribution in [0.5, 0.6) is 5.88 Å². The lowest BCUT2D eigenvalue weighted by molar-refractivity contribution is -0.141. The number of rotatable bonds is 5. The van der Waals surface area contributed by atoms with Gasteiger partial charge in [-0.2, -0.15) is 13.2 Å². The fourth-order valence-electron chi connectivity index (χ4n) is 3.27. The van der Waals surface area contributed by atoms with Crippen LogP contribution < -0.4 is 4.74 Å². The van der Waals surface area contributed by atoms with E-state index in [9.17, 15) is 22.8 Å². The van der Waals surface area contributed by atoms with Crippen molar-refractivity contribution >= 4 is 11.7 Å². The normalized spacial score (nSPS) is 14.1. The van der Waals surface area contributed by atoms with E-state index in [1.807, 2.05) is 0 Å². The number of carbonyl (C=O) groups is 2. The van der Waals surface area contributed by atoms with Crippen molar-refractivity contribution in [2.75, 3.05) is 13.1 Å². The largest absolute Gasteiger partial charge is 0.471 e. The summed E-state index contributed by atoms with van der Waals surface area (Å²) in [5, 5.41) is 0. The van der Waals surface area contributed by atoms with Gasteiger partial charge in [-0.15, -0.1) is 0 Å². The molecule has 158 valence electrons. The number of carbonyl (C=O) groups excluding carboxylic acids is 2. The first-order valence-corrected chi connectivity index (χ1v) is 9.52. The number of amides is 1. The Morgan fingerprint density at radius 1 is 0.871 bits per heavy atom. The molecule has 0 bridgehead atoms. The number of halogens is 3. The molecule has 1 saturated heterocycles. The standard InChI is InChI=1S/C23H17F3N2O3/c24-23(25,26)19-11-6-12-20(27-19)31-16-13-28(14-16)22(30)18-10-5-4-9-17(18)21(29)15-7-2-1-3-8-15/h1-12,16H,13-14H2. The zero-order chi connectivity index (χ0) is 22.0. The fraction of sp³-hybridized carbons (Fsp3) is 0.174. The van der Waals surface area contributed by atoms with Gasteiger partial charge < -0.3 is 9.64 Å². The molecule has 1 amide bonds. The third-order valence-corrected chi connectivity index (χ3v) is 4.87. The van der Waals surface area contributed by atoms with Crippen molar-refractivity contribution in [3.05, 3.63) is 95.2 Å². The molecule has 0 spiro atoms. The van der Waals surface area contributed by atoms with E-state index in [1.165, 1.54) is 17.0 Å². The van der Waals surface area contributed by atoms with Gasteiger partial charge in [0.05, 0.1) is 18.7 Å². The van der Waals surface area contributed by atoms with Gasteiger partial charge in [0, 0.05) is 17.2 Å². The van der Waals surface area contributed by atoms with Crippen molar-refractivity contribution in [2.24, 2.45) is 0 Å². The second-order valence-electron chi connectivity index (χ2n) is 7.05. The molecule has 31 heavy (non-hydrogen) atoms. The van der Waals surface area contributed by atoms with E-state index in [0.29, 0.717) is 11.1 Å². The number of pyridine rings is 1. The SMILES string of the molecule is O=C(c1ccccc1)c1ccccc1C(=O)N1CC(Oc2cccc(C(F)(F)F)n2)C1. The number of benzene rings is 2. The van der Waals surface area contributed by atoms with E-state index in [1.54, 1.807) is 54.6 Å². The second kappa shape index (κ2) is 8.22. The molecule has 2 aromatic carbocycles. The maximum atomic E-state index is 12.9. The molecule has 0 aliphatic carbocycles. The Kier molecular flexibility index (Phi) is 5.46. The highest BCUT2D eigenvalue weighted by atomic mass is 19.4. The maximum Gasteiger partial charge on any atom is 0.433 e. The number of alkyl halides is 3. The summed E-state index contributed by atoms with van der Waals surface area (Å²) in [5.74, 6) is -0.741. The molecule has 0 N–H and O–H groups in total. The van der Waals surface area contributed by atoms with Crippen LogP contribution in [0.1, 0.15) is 32.0 Å². The minimum atomic E-state index is -4.56. The van der Waals surface area contributed by atoms with E-state index in [0.717, 1.165) is 6.07 Å². The summed E-state index contributed by atoms with van der Waals surface area (Å²) in [4.78, 5) is 30.7. The third-order valence-electron chi connectivity index (χ3n) is 4.87. The molecule has 1 aromatic heterocycles. The smallest absolute Gasteiger partial charge is 0.433 e. The van der Waals surface area contributed by atoms with Crippen LogP contribution in [0, 0.1) is 0 Å². The molecule has 0 radical (unpaired) electrons. The summed E-state index contributed by atoms with van der Waals surface area (Å²) >= 11 is 0. The van der Waals surface area contributed by atoms with Crippen molar-refractivity contribution in [3.8, 4) is 5.88 Å². The van der Waals surface area contributed by atoms with Gasteiger partial charge in [0.25, 0.3) is 5.91 Å². The summed E-state index contributed by atoms with van der Waals surface area (Å²) in [6.45, 7) is 0.370. The first kappa shape index (κ1) is 20.6. The second-order valence-corrected chi connectivity index (χ2v) is 7.05. The summed E-state index contributed by atoms with van der Waals surface area (Å²) < 4.78 is 43.8. The topological polar surface area (TPSA) is 59.5 Å². The molecule has 8 heteroatoms. The minimum absolute atomic E-state index is 0.147. The number of hydrogen-bond acceptors (Lipinski definition) is 4. The average molecular weight is 426 g/mol. The molecule has 4 rings (SSSR count). The summed E-state index contributed by atoms with van der Waals surface area (Å²) in [7, 11) is 0. The lowest BCUT2D eigenvalue weighted by Crippen LogP contribution is -2.56. The highest BCUT2D eigenvalue weighted by Gasteiger charge is 2.36. The molecule has 0 atom stereocenters. The maximum absolute atomic E-state index is 12.9.